The minimum atomic E-state index is -0.421. The molecule has 0 aromatic heterocycles. The van der Waals surface area contributed by atoms with E-state index in [1.807, 2.05) is 57.2 Å². The number of fused-ring (bicyclic) bond motifs is 1. The van der Waals surface area contributed by atoms with Crippen LogP contribution in [0.1, 0.15) is 20.8 Å². The number of hydrogen-bond acceptors (Lipinski definition) is 5. The van der Waals surface area contributed by atoms with Gasteiger partial charge in [-0.25, -0.2) is 0 Å². The molecular weight excluding hydrogens is 330 g/mol. The lowest BCUT2D eigenvalue weighted by molar-refractivity contribution is -0.117. The molecule has 3 rings (SSSR count). The van der Waals surface area contributed by atoms with Crippen LogP contribution in [0.2, 0.25) is 0 Å². The summed E-state index contributed by atoms with van der Waals surface area (Å²) in [7, 11) is 1.61. The predicted molar refractivity (Wildman–Crippen MR) is 104 cm³/mol. The van der Waals surface area contributed by atoms with Crippen LogP contribution in [0.3, 0.4) is 0 Å². The number of benzene rings is 2. The van der Waals surface area contributed by atoms with Gasteiger partial charge in [0.25, 0.3) is 0 Å². The Hall–Kier alpha value is -2.89. The summed E-state index contributed by atoms with van der Waals surface area (Å²) >= 11 is 0. The smallest absolute Gasteiger partial charge is 0.246 e. The molecule has 1 unspecified atom stereocenters. The van der Waals surface area contributed by atoms with Crippen molar-refractivity contribution in [3.05, 3.63) is 42.5 Å². The Morgan fingerprint density at radius 3 is 2.62 bits per heavy atom. The number of nitrogens with two attached hydrogens (primary N) is 1. The number of carbonyl (C=O) groups is 1. The molecule has 0 bridgehead atoms. The molecular formula is C20H25N3O3. The SMILES string of the molecule is COc1ccc(NC(=O)C(C)N2CC(C)(C)Oc3cc(N)ccc32)cc1. The first kappa shape index (κ1) is 17.9. The molecule has 0 spiro atoms. The highest BCUT2D eigenvalue weighted by molar-refractivity contribution is 5.97. The number of nitrogens with zero attached hydrogens (tertiary/aromatic N) is 1. The van der Waals surface area contributed by atoms with Crippen LogP contribution in [0.4, 0.5) is 17.1 Å². The number of hydrogen-bond donors (Lipinski definition) is 2. The van der Waals surface area contributed by atoms with Gasteiger partial charge in [-0.15, -0.1) is 0 Å². The number of carbonyl (C=O) groups excluding carboxylic acids is 1. The van der Waals surface area contributed by atoms with Crippen molar-refractivity contribution < 1.29 is 14.3 Å². The Kier molecular flexibility index (Phi) is 4.68. The van der Waals surface area contributed by atoms with E-state index in [4.69, 9.17) is 15.2 Å². The number of methoxy groups -OCH3 is 1. The molecule has 6 nitrogen and oxygen atoms in total. The number of amides is 1. The van der Waals surface area contributed by atoms with Crippen LogP contribution in [-0.4, -0.2) is 31.2 Å². The van der Waals surface area contributed by atoms with Gasteiger partial charge in [-0.2, -0.15) is 0 Å². The molecule has 6 heteroatoms. The molecule has 0 saturated carbocycles. The maximum absolute atomic E-state index is 12.8. The summed E-state index contributed by atoms with van der Waals surface area (Å²) < 4.78 is 11.2. The van der Waals surface area contributed by atoms with Crippen LogP contribution in [0.5, 0.6) is 11.5 Å². The molecule has 1 amide bonds. The molecule has 0 aliphatic carbocycles. The van der Waals surface area contributed by atoms with E-state index < -0.39 is 5.60 Å². The van der Waals surface area contributed by atoms with Crippen molar-refractivity contribution in [2.75, 3.05) is 29.6 Å². The van der Waals surface area contributed by atoms with E-state index in [1.54, 1.807) is 13.2 Å². The third-order valence-corrected chi connectivity index (χ3v) is 4.44. The molecule has 1 atom stereocenters. The largest absolute Gasteiger partial charge is 0.497 e. The number of nitrogen functional groups attached to an aromatic ring is 1. The van der Waals surface area contributed by atoms with Crippen LogP contribution in [0.15, 0.2) is 42.5 Å². The molecule has 1 heterocycles. The zero-order valence-corrected chi connectivity index (χ0v) is 15.6. The normalized spacial score (nSPS) is 16.2. The van der Waals surface area contributed by atoms with Crippen LogP contribution < -0.4 is 25.4 Å². The second-order valence-electron chi connectivity index (χ2n) is 7.11. The topological polar surface area (TPSA) is 76.8 Å². The molecule has 2 aromatic carbocycles. The van der Waals surface area contributed by atoms with E-state index in [9.17, 15) is 4.79 Å². The summed E-state index contributed by atoms with van der Waals surface area (Å²) in [6, 6.07) is 12.4. The fourth-order valence-electron chi connectivity index (χ4n) is 3.08. The fourth-order valence-corrected chi connectivity index (χ4v) is 3.08. The molecule has 26 heavy (non-hydrogen) atoms. The monoisotopic (exact) mass is 355 g/mol. The Bertz CT molecular complexity index is 802. The third-order valence-electron chi connectivity index (χ3n) is 4.44. The molecule has 3 N–H and O–H groups in total. The first-order valence-electron chi connectivity index (χ1n) is 8.59. The number of nitrogens with one attached hydrogen (secondary N) is 1. The Morgan fingerprint density at radius 2 is 1.96 bits per heavy atom. The zero-order valence-electron chi connectivity index (χ0n) is 15.6. The third kappa shape index (κ3) is 3.69. The zero-order chi connectivity index (χ0) is 18.9. The van der Waals surface area contributed by atoms with Gasteiger partial charge in [-0.05, 0) is 57.2 Å². The van der Waals surface area contributed by atoms with Crippen molar-refractivity contribution in [1.82, 2.24) is 0 Å². The maximum atomic E-state index is 12.8. The van der Waals surface area contributed by atoms with Gasteiger partial charge in [0.05, 0.1) is 19.3 Å². The Morgan fingerprint density at radius 1 is 1.27 bits per heavy atom. The highest BCUT2D eigenvalue weighted by Crippen LogP contribution is 2.39. The molecule has 0 fully saturated rings. The quantitative estimate of drug-likeness (QED) is 0.823. The minimum absolute atomic E-state index is 0.0874. The summed E-state index contributed by atoms with van der Waals surface area (Å²) in [4.78, 5) is 14.9. The van der Waals surface area contributed by atoms with Crippen molar-refractivity contribution >= 4 is 23.0 Å². The first-order valence-corrected chi connectivity index (χ1v) is 8.59. The lowest BCUT2D eigenvalue weighted by atomic mass is 10.0. The van der Waals surface area contributed by atoms with E-state index in [-0.39, 0.29) is 11.9 Å². The van der Waals surface area contributed by atoms with Crippen molar-refractivity contribution in [3.63, 3.8) is 0 Å². The van der Waals surface area contributed by atoms with Gasteiger partial charge < -0.3 is 25.4 Å². The van der Waals surface area contributed by atoms with Crippen molar-refractivity contribution in [1.29, 1.82) is 0 Å². The van der Waals surface area contributed by atoms with Gasteiger partial charge in [0.2, 0.25) is 5.91 Å². The number of anilines is 3. The number of rotatable bonds is 4. The van der Waals surface area contributed by atoms with E-state index in [2.05, 4.69) is 10.2 Å². The van der Waals surface area contributed by atoms with Crippen LogP contribution in [0, 0.1) is 0 Å². The first-order chi connectivity index (χ1) is 12.3. The maximum Gasteiger partial charge on any atom is 0.246 e. The van der Waals surface area contributed by atoms with E-state index in [0.717, 1.165) is 17.1 Å². The van der Waals surface area contributed by atoms with Crippen LogP contribution >= 0.6 is 0 Å². The van der Waals surface area contributed by atoms with E-state index >= 15 is 0 Å². The van der Waals surface area contributed by atoms with Crippen molar-refractivity contribution in [2.45, 2.75) is 32.4 Å². The summed E-state index contributed by atoms with van der Waals surface area (Å²) in [6.45, 7) is 6.49. The summed E-state index contributed by atoms with van der Waals surface area (Å²) in [5.74, 6) is 1.36. The standard InChI is InChI=1S/C20H25N3O3/c1-13(19(24)22-15-6-8-16(25-4)9-7-15)23-12-20(2,3)26-18-11-14(21)5-10-17(18)23/h5-11,13H,12,21H2,1-4H3,(H,22,24). The summed E-state index contributed by atoms with van der Waals surface area (Å²) in [6.07, 6.45) is 0. The second-order valence-corrected chi connectivity index (χ2v) is 7.11. The van der Waals surface area contributed by atoms with Crippen molar-refractivity contribution in [3.8, 4) is 11.5 Å². The molecule has 1 aliphatic rings. The Labute approximate surface area is 153 Å². The van der Waals surface area contributed by atoms with Gasteiger partial charge in [0, 0.05) is 17.4 Å². The van der Waals surface area contributed by atoms with Gasteiger partial charge in [-0.1, -0.05) is 0 Å². The highest BCUT2D eigenvalue weighted by Gasteiger charge is 2.36. The van der Waals surface area contributed by atoms with Gasteiger partial charge >= 0.3 is 0 Å². The average Bonchev–Trinajstić information content (AvgIpc) is 2.59. The van der Waals surface area contributed by atoms with Crippen molar-refractivity contribution in [2.24, 2.45) is 0 Å². The molecule has 0 radical (unpaired) electrons. The van der Waals surface area contributed by atoms with E-state index in [1.165, 1.54) is 0 Å². The summed E-state index contributed by atoms with van der Waals surface area (Å²) in [5, 5.41) is 2.96. The van der Waals surface area contributed by atoms with Crippen LogP contribution in [0.25, 0.3) is 0 Å². The molecule has 0 saturated heterocycles. The van der Waals surface area contributed by atoms with E-state index in [0.29, 0.717) is 18.0 Å². The summed E-state index contributed by atoms with van der Waals surface area (Å²) in [5.41, 5.74) is 7.70. The molecule has 1 aliphatic heterocycles. The van der Waals surface area contributed by atoms with Gasteiger partial charge in [0.15, 0.2) is 0 Å². The lowest BCUT2D eigenvalue weighted by Gasteiger charge is -2.43. The molecule has 138 valence electrons. The predicted octanol–water partition coefficient (Wildman–Crippen LogP) is 3.28. The Balaban J connectivity index is 1.81. The second kappa shape index (κ2) is 6.78. The molecule has 2 aromatic rings. The average molecular weight is 355 g/mol. The fraction of sp³-hybridized carbons (Fsp3) is 0.350. The minimum Gasteiger partial charge on any atom is -0.497 e. The number of ether oxygens (including phenoxy) is 2. The van der Waals surface area contributed by atoms with Gasteiger partial charge in [-0.3, -0.25) is 4.79 Å². The lowest BCUT2D eigenvalue weighted by Crippen LogP contribution is -2.53. The van der Waals surface area contributed by atoms with Gasteiger partial charge in [0.1, 0.15) is 23.1 Å². The highest BCUT2D eigenvalue weighted by atomic mass is 16.5. The van der Waals surface area contributed by atoms with Crippen LogP contribution in [-0.2, 0) is 4.79 Å².